The molecule has 182 valence electrons. The SMILES string of the molecule is COc1cccc(C(CNC(=O)C2(NC(=O)NCc3ccccc3)CCCC2)N2CCCC2)c1. The van der Waals surface area contributed by atoms with Crippen LogP contribution >= 0.6 is 0 Å². The minimum Gasteiger partial charge on any atom is -0.497 e. The average Bonchev–Trinajstić information content (AvgIpc) is 3.57. The van der Waals surface area contributed by atoms with Crippen molar-refractivity contribution in [3.05, 3.63) is 65.7 Å². The first-order valence-corrected chi connectivity index (χ1v) is 12.4. The molecule has 3 amide bonds. The molecule has 2 aliphatic rings. The molecule has 1 heterocycles. The minimum absolute atomic E-state index is 0.0758. The molecule has 1 saturated heterocycles. The lowest BCUT2D eigenvalue weighted by molar-refractivity contribution is -0.127. The lowest BCUT2D eigenvalue weighted by Gasteiger charge is -2.32. The van der Waals surface area contributed by atoms with E-state index >= 15 is 0 Å². The second-order valence-electron chi connectivity index (χ2n) is 9.33. The van der Waals surface area contributed by atoms with Crippen molar-refractivity contribution in [3.8, 4) is 5.75 Å². The fourth-order valence-corrected chi connectivity index (χ4v) is 5.15. The quantitative estimate of drug-likeness (QED) is 0.528. The molecule has 0 spiro atoms. The number of nitrogens with zero attached hydrogens (tertiary/aromatic N) is 1. The van der Waals surface area contributed by atoms with Crippen molar-refractivity contribution in [1.29, 1.82) is 0 Å². The molecule has 7 heteroatoms. The number of amides is 3. The molecule has 0 aromatic heterocycles. The van der Waals surface area contributed by atoms with Gasteiger partial charge in [0.15, 0.2) is 0 Å². The summed E-state index contributed by atoms with van der Waals surface area (Å²) in [6, 6.07) is 17.6. The Morgan fingerprint density at radius 2 is 1.71 bits per heavy atom. The number of hydrogen-bond acceptors (Lipinski definition) is 4. The van der Waals surface area contributed by atoms with Crippen molar-refractivity contribution < 1.29 is 14.3 Å². The number of ether oxygens (including phenoxy) is 1. The highest BCUT2D eigenvalue weighted by Gasteiger charge is 2.42. The van der Waals surface area contributed by atoms with Crippen LogP contribution in [0.15, 0.2) is 54.6 Å². The Balaban J connectivity index is 1.40. The van der Waals surface area contributed by atoms with Gasteiger partial charge < -0.3 is 20.7 Å². The van der Waals surface area contributed by atoms with Crippen LogP contribution < -0.4 is 20.7 Å². The zero-order valence-electron chi connectivity index (χ0n) is 20.0. The van der Waals surface area contributed by atoms with Gasteiger partial charge in [-0.25, -0.2) is 4.79 Å². The number of urea groups is 1. The summed E-state index contributed by atoms with van der Waals surface area (Å²) in [7, 11) is 1.67. The van der Waals surface area contributed by atoms with Gasteiger partial charge in [0.2, 0.25) is 5.91 Å². The monoisotopic (exact) mass is 464 g/mol. The number of methoxy groups -OCH3 is 1. The van der Waals surface area contributed by atoms with Crippen molar-refractivity contribution >= 4 is 11.9 Å². The number of hydrogen-bond donors (Lipinski definition) is 3. The van der Waals surface area contributed by atoms with Crippen LogP contribution in [-0.4, -0.2) is 49.1 Å². The summed E-state index contributed by atoms with van der Waals surface area (Å²) in [5, 5.41) is 9.11. The summed E-state index contributed by atoms with van der Waals surface area (Å²) >= 11 is 0. The van der Waals surface area contributed by atoms with Crippen LogP contribution in [-0.2, 0) is 11.3 Å². The normalized spacial score (nSPS) is 18.3. The van der Waals surface area contributed by atoms with E-state index in [4.69, 9.17) is 4.74 Å². The summed E-state index contributed by atoms with van der Waals surface area (Å²) in [6.07, 6.45) is 5.51. The molecule has 1 aliphatic carbocycles. The number of nitrogens with one attached hydrogen (secondary N) is 3. The van der Waals surface area contributed by atoms with Gasteiger partial charge in [-0.05, 0) is 62.0 Å². The Labute approximate surface area is 202 Å². The third-order valence-corrected chi connectivity index (χ3v) is 7.06. The Hall–Kier alpha value is -3.06. The molecule has 3 N–H and O–H groups in total. The van der Waals surface area contributed by atoms with E-state index < -0.39 is 5.54 Å². The van der Waals surface area contributed by atoms with Gasteiger partial charge in [0.1, 0.15) is 11.3 Å². The molecule has 4 rings (SSSR count). The van der Waals surface area contributed by atoms with E-state index in [0.717, 1.165) is 42.8 Å². The van der Waals surface area contributed by atoms with Gasteiger partial charge in [-0.15, -0.1) is 0 Å². The van der Waals surface area contributed by atoms with Gasteiger partial charge >= 0.3 is 6.03 Å². The van der Waals surface area contributed by atoms with Crippen LogP contribution in [0.3, 0.4) is 0 Å². The van der Waals surface area contributed by atoms with Crippen LogP contribution in [0.5, 0.6) is 5.75 Å². The van der Waals surface area contributed by atoms with Gasteiger partial charge in [-0.1, -0.05) is 55.3 Å². The van der Waals surface area contributed by atoms with Crippen molar-refractivity contribution in [1.82, 2.24) is 20.9 Å². The van der Waals surface area contributed by atoms with E-state index in [9.17, 15) is 9.59 Å². The molecule has 2 fully saturated rings. The predicted octanol–water partition coefficient (Wildman–Crippen LogP) is 3.76. The topological polar surface area (TPSA) is 82.7 Å². The smallest absolute Gasteiger partial charge is 0.315 e. The first-order valence-electron chi connectivity index (χ1n) is 12.4. The largest absolute Gasteiger partial charge is 0.497 e. The van der Waals surface area contributed by atoms with E-state index in [1.54, 1.807) is 7.11 Å². The van der Waals surface area contributed by atoms with Crippen LogP contribution in [0.4, 0.5) is 4.79 Å². The fraction of sp³-hybridized carbons (Fsp3) is 0.481. The molecule has 34 heavy (non-hydrogen) atoms. The zero-order chi connectivity index (χ0) is 23.8. The summed E-state index contributed by atoms with van der Waals surface area (Å²) in [4.78, 5) is 28.6. The molecule has 1 atom stereocenters. The maximum atomic E-state index is 13.5. The highest BCUT2D eigenvalue weighted by Crippen LogP contribution is 2.31. The van der Waals surface area contributed by atoms with Gasteiger partial charge in [0.05, 0.1) is 13.2 Å². The Kier molecular flexibility index (Phi) is 8.06. The van der Waals surface area contributed by atoms with Gasteiger partial charge in [-0.3, -0.25) is 9.69 Å². The highest BCUT2D eigenvalue weighted by atomic mass is 16.5. The lowest BCUT2D eigenvalue weighted by atomic mass is 9.96. The van der Waals surface area contributed by atoms with Crippen molar-refractivity contribution in [2.75, 3.05) is 26.7 Å². The van der Waals surface area contributed by atoms with Crippen LogP contribution in [0.2, 0.25) is 0 Å². The maximum absolute atomic E-state index is 13.5. The number of benzene rings is 2. The molecular formula is C27H36N4O3. The molecule has 0 radical (unpaired) electrons. The minimum atomic E-state index is -0.856. The molecule has 1 aliphatic heterocycles. The molecule has 7 nitrogen and oxygen atoms in total. The van der Waals surface area contributed by atoms with E-state index in [0.29, 0.717) is 25.9 Å². The third-order valence-electron chi connectivity index (χ3n) is 7.06. The first kappa shape index (κ1) is 24.1. The second-order valence-corrected chi connectivity index (χ2v) is 9.33. The van der Waals surface area contributed by atoms with Crippen molar-refractivity contribution in [2.24, 2.45) is 0 Å². The molecule has 0 bridgehead atoms. The standard InChI is InChI=1S/C27H36N4O3/c1-34-23-13-9-12-22(18-23)24(31-16-7-8-17-31)20-28-25(32)27(14-5-6-15-27)30-26(33)29-19-21-10-3-2-4-11-21/h2-4,9-13,18,24H,5-8,14-17,19-20H2,1H3,(H,28,32)(H2,29,30,33). The molecule has 1 unspecified atom stereocenters. The van der Waals surface area contributed by atoms with Crippen LogP contribution in [0.1, 0.15) is 55.7 Å². The summed E-state index contributed by atoms with van der Waals surface area (Å²) in [6.45, 7) is 2.96. The van der Waals surface area contributed by atoms with Gasteiger partial charge in [0.25, 0.3) is 0 Å². The number of likely N-dealkylation sites (tertiary alicyclic amines) is 1. The average molecular weight is 465 g/mol. The third kappa shape index (κ3) is 5.89. The summed E-state index contributed by atoms with van der Waals surface area (Å²) < 4.78 is 5.43. The lowest BCUT2D eigenvalue weighted by Crippen LogP contribution is -2.59. The van der Waals surface area contributed by atoms with Crippen LogP contribution in [0, 0.1) is 0 Å². The number of carbonyl (C=O) groups is 2. The number of rotatable bonds is 9. The molecular weight excluding hydrogens is 428 g/mol. The molecule has 2 aromatic rings. The zero-order valence-corrected chi connectivity index (χ0v) is 20.0. The van der Waals surface area contributed by atoms with E-state index in [2.05, 4.69) is 33.0 Å². The van der Waals surface area contributed by atoms with Gasteiger partial charge in [-0.2, -0.15) is 0 Å². The van der Waals surface area contributed by atoms with E-state index in [1.165, 1.54) is 12.8 Å². The molecule has 1 saturated carbocycles. The highest BCUT2D eigenvalue weighted by molar-refractivity contribution is 5.91. The molecule has 2 aromatic carbocycles. The summed E-state index contributed by atoms with van der Waals surface area (Å²) in [5.41, 5.74) is 1.30. The Bertz CT molecular complexity index is 953. The fourth-order valence-electron chi connectivity index (χ4n) is 5.15. The maximum Gasteiger partial charge on any atom is 0.315 e. The number of carbonyl (C=O) groups excluding carboxylic acids is 2. The second kappa shape index (κ2) is 11.4. The van der Waals surface area contributed by atoms with Crippen molar-refractivity contribution in [2.45, 2.75) is 56.7 Å². The van der Waals surface area contributed by atoms with Gasteiger partial charge in [0, 0.05) is 13.1 Å². The van der Waals surface area contributed by atoms with Crippen molar-refractivity contribution in [3.63, 3.8) is 0 Å². The first-order chi connectivity index (χ1) is 16.6. The van der Waals surface area contributed by atoms with Crippen LogP contribution in [0.25, 0.3) is 0 Å². The summed E-state index contributed by atoms with van der Waals surface area (Å²) in [5.74, 6) is 0.726. The van der Waals surface area contributed by atoms with E-state index in [1.807, 2.05) is 42.5 Å². The Morgan fingerprint density at radius 3 is 2.41 bits per heavy atom. The predicted molar refractivity (Wildman–Crippen MR) is 133 cm³/mol. The Morgan fingerprint density at radius 1 is 0.971 bits per heavy atom. The van der Waals surface area contributed by atoms with E-state index in [-0.39, 0.29) is 18.0 Å².